The van der Waals surface area contributed by atoms with E-state index < -0.39 is 0 Å². The summed E-state index contributed by atoms with van der Waals surface area (Å²) in [4.78, 5) is 0. The van der Waals surface area contributed by atoms with E-state index in [4.69, 9.17) is 4.74 Å². The first kappa shape index (κ1) is 12.7. The fraction of sp³-hybridized carbons (Fsp3) is 0.529. The number of allylic oxidation sites excluding steroid dienone is 1. The molecular formula is C17H23NO. The lowest BCUT2D eigenvalue weighted by Gasteiger charge is -2.31. The van der Waals surface area contributed by atoms with Gasteiger partial charge in [0.25, 0.3) is 0 Å². The van der Waals surface area contributed by atoms with Crippen molar-refractivity contribution < 1.29 is 4.74 Å². The summed E-state index contributed by atoms with van der Waals surface area (Å²) in [5.41, 5.74) is 2.95. The van der Waals surface area contributed by atoms with E-state index in [1.54, 1.807) is 7.11 Å². The lowest BCUT2D eigenvalue weighted by Crippen LogP contribution is -2.35. The zero-order valence-corrected chi connectivity index (χ0v) is 11.7. The van der Waals surface area contributed by atoms with Crippen LogP contribution in [-0.2, 0) is 6.42 Å². The number of aryl methyl sites for hydroxylation is 1. The van der Waals surface area contributed by atoms with Gasteiger partial charge in [0.15, 0.2) is 0 Å². The smallest absolute Gasteiger partial charge is 0.119 e. The molecule has 2 aliphatic rings. The molecule has 0 aliphatic heterocycles. The minimum atomic E-state index is 0.510. The van der Waals surface area contributed by atoms with E-state index in [0.29, 0.717) is 12.1 Å². The quantitative estimate of drug-likeness (QED) is 0.832. The van der Waals surface area contributed by atoms with Crippen molar-refractivity contribution in [2.75, 3.05) is 7.11 Å². The number of rotatable bonds is 3. The van der Waals surface area contributed by atoms with Crippen LogP contribution in [0.1, 0.15) is 49.3 Å². The molecule has 19 heavy (non-hydrogen) atoms. The molecule has 2 heteroatoms. The van der Waals surface area contributed by atoms with Gasteiger partial charge in [-0.25, -0.2) is 0 Å². The number of benzene rings is 1. The Kier molecular flexibility index (Phi) is 3.88. The van der Waals surface area contributed by atoms with Crippen molar-refractivity contribution in [2.45, 2.75) is 50.6 Å². The van der Waals surface area contributed by atoms with E-state index in [1.807, 2.05) is 0 Å². The average Bonchev–Trinajstić information content (AvgIpc) is 2.48. The first-order valence-corrected chi connectivity index (χ1v) is 7.44. The van der Waals surface area contributed by atoms with Crippen LogP contribution in [-0.4, -0.2) is 13.2 Å². The molecule has 2 nitrogen and oxygen atoms in total. The molecule has 0 bridgehead atoms. The average molecular weight is 257 g/mol. The molecule has 1 aromatic rings. The fourth-order valence-corrected chi connectivity index (χ4v) is 3.31. The maximum atomic E-state index is 5.38. The standard InChI is InChI=1S/C17H23NO/c1-19-15-11-10-13-6-5-9-17(16(13)12-15)18-14-7-3-2-4-8-14/h2-3,10-12,14,17-18H,4-9H2,1H3. The van der Waals surface area contributed by atoms with Crippen LogP contribution in [0.25, 0.3) is 0 Å². The largest absolute Gasteiger partial charge is 0.497 e. The van der Waals surface area contributed by atoms with Gasteiger partial charge in [0.1, 0.15) is 5.75 Å². The van der Waals surface area contributed by atoms with Gasteiger partial charge in [-0.3, -0.25) is 0 Å². The molecule has 1 N–H and O–H groups in total. The zero-order chi connectivity index (χ0) is 13.1. The second kappa shape index (κ2) is 5.79. The highest BCUT2D eigenvalue weighted by molar-refractivity contribution is 5.39. The maximum absolute atomic E-state index is 5.38. The van der Waals surface area contributed by atoms with Gasteiger partial charge in [-0.15, -0.1) is 0 Å². The van der Waals surface area contributed by atoms with E-state index in [1.165, 1.54) is 49.7 Å². The van der Waals surface area contributed by atoms with Gasteiger partial charge in [0.2, 0.25) is 0 Å². The van der Waals surface area contributed by atoms with Gasteiger partial charge in [-0.2, -0.15) is 0 Å². The SMILES string of the molecule is COc1ccc2c(c1)C(NC1CC=CCC1)CCC2. The first-order valence-electron chi connectivity index (χ1n) is 7.44. The van der Waals surface area contributed by atoms with Crippen LogP contribution in [0, 0.1) is 0 Å². The Labute approximate surface area is 115 Å². The molecule has 2 aliphatic carbocycles. The summed E-state index contributed by atoms with van der Waals surface area (Å²) >= 11 is 0. The third-order valence-electron chi connectivity index (χ3n) is 4.37. The number of hydrogen-bond donors (Lipinski definition) is 1. The van der Waals surface area contributed by atoms with Gasteiger partial charge >= 0.3 is 0 Å². The number of hydrogen-bond acceptors (Lipinski definition) is 2. The molecule has 2 unspecified atom stereocenters. The van der Waals surface area contributed by atoms with E-state index in [9.17, 15) is 0 Å². The van der Waals surface area contributed by atoms with Crippen LogP contribution in [0.4, 0.5) is 0 Å². The van der Waals surface area contributed by atoms with Crippen LogP contribution < -0.4 is 10.1 Å². The summed E-state index contributed by atoms with van der Waals surface area (Å²) in [7, 11) is 1.75. The van der Waals surface area contributed by atoms with Crippen molar-refractivity contribution in [1.82, 2.24) is 5.32 Å². The summed E-state index contributed by atoms with van der Waals surface area (Å²) in [5.74, 6) is 0.982. The Morgan fingerprint density at radius 2 is 2.16 bits per heavy atom. The van der Waals surface area contributed by atoms with E-state index >= 15 is 0 Å². The summed E-state index contributed by atoms with van der Waals surface area (Å²) in [6, 6.07) is 7.71. The van der Waals surface area contributed by atoms with Crippen LogP contribution in [0.15, 0.2) is 30.4 Å². The van der Waals surface area contributed by atoms with Crippen molar-refractivity contribution in [2.24, 2.45) is 0 Å². The van der Waals surface area contributed by atoms with Crippen LogP contribution in [0.5, 0.6) is 5.75 Å². The minimum Gasteiger partial charge on any atom is -0.497 e. The number of ether oxygens (including phenoxy) is 1. The van der Waals surface area contributed by atoms with Crippen molar-refractivity contribution in [3.63, 3.8) is 0 Å². The monoisotopic (exact) mass is 257 g/mol. The molecule has 0 saturated heterocycles. The van der Waals surface area contributed by atoms with E-state index in [-0.39, 0.29) is 0 Å². The highest BCUT2D eigenvalue weighted by Gasteiger charge is 2.23. The van der Waals surface area contributed by atoms with Crippen LogP contribution in [0.3, 0.4) is 0 Å². The summed E-state index contributed by atoms with van der Waals surface area (Å²) in [6.45, 7) is 0. The lowest BCUT2D eigenvalue weighted by molar-refractivity contribution is 0.371. The molecule has 1 aromatic carbocycles. The fourth-order valence-electron chi connectivity index (χ4n) is 3.31. The highest BCUT2D eigenvalue weighted by Crippen LogP contribution is 2.33. The molecular weight excluding hydrogens is 234 g/mol. The van der Waals surface area contributed by atoms with E-state index in [2.05, 4.69) is 35.7 Å². The second-order valence-electron chi connectivity index (χ2n) is 5.66. The second-order valence-corrected chi connectivity index (χ2v) is 5.66. The topological polar surface area (TPSA) is 21.3 Å². The van der Waals surface area contributed by atoms with Gasteiger partial charge in [0.05, 0.1) is 7.11 Å². The Morgan fingerprint density at radius 3 is 2.95 bits per heavy atom. The first-order chi connectivity index (χ1) is 9.36. The Bertz CT molecular complexity index is 466. The van der Waals surface area contributed by atoms with Gasteiger partial charge in [-0.1, -0.05) is 18.2 Å². The lowest BCUT2D eigenvalue weighted by atomic mass is 9.86. The van der Waals surface area contributed by atoms with Gasteiger partial charge < -0.3 is 10.1 Å². The Hall–Kier alpha value is -1.28. The molecule has 0 fully saturated rings. The third kappa shape index (κ3) is 2.84. The normalized spacial score (nSPS) is 25.9. The van der Waals surface area contributed by atoms with Crippen molar-refractivity contribution in [3.8, 4) is 5.75 Å². The number of methoxy groups -OCH3 is 1. The van der Waals surface area contributed by atoms with Gasteiger partial charge in [-0.05, 0) is 61.8 Å². The van der Waals surface area contributed by atoms with Crippen molar-refractivity contribution in [3.05, 3.63) is 41.5 Å². The van der Waals surface area contributed by atoms with Crippen molar-refractivity contribution >= 4 is 0 Å². The van der Waals surface area contributed by atoms with Gasteiger partial charge in [0, 0.05) is 12.1 Å². The molecule has 0 amide bonds. The summed E-state index contributed by atoms with van der Waals surface area (Å²) in [6.07, 6.45) is 12.0. The number of fused-ring (bicyclic) bond motifs is 1. The maximum Gasteiger partial charge on any atom is 0.119 e. The molecule has 102 valence electrons. The highest BCUT2D eigenvalue weighted by atomic mass is 16.5. The number of nitrogens with one attached hydrogen (secondary N) is 1. The van der Waals surface area contributed by atoms with Crippen LogP contribution in [0.2, 0.25) is 0 Å². The Balaban J connectivity index is 1.78. The zero-order valence-electron chi connectivity index (χ0n) is 11.7. The Morgan fingerprint density at radius 1 is 1.21 bits per heavy atom. The molecule has 0 aromatic heterocycles. The minimum absolute atomic E-state index is 0.510. The molecule has 0 radical (unpaired) electrons. The predicted molar refractivity (Wildman–Crippen MR) is 78.6 cm³/mol. The molecule has 2 atom stereocenters. The predicted octanol–water partition coefficient (Wildman–Crippen LogP) is 3.77. The third-order valence-corrected chi connectivity index (χ3v) is 4.37. The molecule has 0 heterocycles. The van der Waals surface area contributed by atoms with Crippen LogP contribution >= 0.6 is 0 Å². The summed E-state index contributed by atoms with van der Waals surface area (Å²) < 4.78 is 5.38. The molecule has 0 spiro atoms. The molecule has 0 saturated carbocycles. The molecule has 3 rings (SSSR count). The van der Waals surface area contributed by atoms with E-state index in [0.717, 1.165) is 5.75 Å². The summed E-state index contributed by atoms with van der Waals surface area (Å²) in [5, 5.41) is 3.86. The van der Waals surface area contributed by atoms with Crippen molar-refractivity contribution in [1.29, 1.82) is 0 Å².